The lowest BCUT2D eigenvalue weighted by Crippen LogP contribution is -2.27. The molecule has 3 nitrogen and oxygen atoms in total. The van der Waals surface area contributed by atoms with E-state index in [1.807, 2.05) is 0 Å². The fourth-order valence-corrected chi connectivity index (χ4v) is 3.13. The molecule has 0 aromatic rings. The second-order valence-electron chi connectivity index (χ2n) is 6.39. The van der Waals surface area contributed by atoms with E-state index in [0.29, 0.717) is 6.10 Å². The van der Waals surface area contributed by atoms with Crippen LogP contribution in [0.3, 0.4) is 0 Å². The summed E-state index contributed by atoms with van der Waals surface area (Å²) in [5, 5.41) is 3.59. The molecular weight excluding hydrogens is 238 g/mol. The maximum atomic E-state index is 5.66. The topological polar surface area (TPSA) is 30.5 Å². The summed E-state index contributed by atoms with van der Waals surface area (Å²) in [5.41, 5.74) is 0. The van der Waals surface area contributed by atoms with Gasteiger partial charge in [-0.05, 0) is 57.0 Å². The van der Waals surface area contributed by atoms with Gasteiger partial charge >= 0.3 is 0 Å². The summed E-state index contributed by atoms with van der Waals surface area (Å²) in [5.74, 6) is 1.88. The fraction of sp³-hybridized carbons (Fsp3) is 1.00. The minimum absolute atomic E-state index is 0.372. The average molecular weight is 269 g/mol. The molecule has 3 heteroatoms. The van der Waals surface area contributed by atoms with E-state index in [1.54, 1.807) is 0 Å². The Kier molecular flexibility index (Phi) is 7.18. The Bertz CT molecular complexity index is 221. The molecule has 1 aliphatic heterocycles. The number of rotatable bonds is 8. The molecule has 1 N–H and O–H groups in total. The van der Waals surface area contributed by atoms with Crippen LogP contribution in [0.1, 0.15) is 51.9 Å². The number of nitrogens with one attached hydrogen (secondary N) is 1. The summed E-state index contributed by atoms with van der Waals surface area (Å²) in [6, 6.07) is 0. The monoisotopic (exact) mass is 269 g/mol. The van der Waals surface area contributed by atoms with Gasteiger partial charge < -0.3 is 14.8 Å². The molecular formula is C16H31NO2. The van der Waals surface area contributed by atoms with E-state index in [9.17, 15) is 0 Å². The van der Waals surface area contributed by atoms with Gasteiger partial charge in [0.15, 0.2) is 0 Å². The van der Waals surface area contributed by atoms with Crippen LogP contribution >= 0.6 is 0 Å². The van der Waals surface area contributed by atoms with Crippen LogP contribution in [0.25, 0.3) is 0 Å². The number of ether oxygens (including phenoxy) is 2. The van der Waals surface area contributed by atoms with Gasteiger partial charge in [0.2, 0.25) is 0 Å². The first-order chi connectivity index (χ1) is 9.34. The van der Waals surface area contributed by atoms with Gasteiger partial charge in [-0.15, -0.1) is 0 Å². The maximum Gasteiger partial charge on any atom is 0.0809 e. The Labute approximate surface area is 118 Å². The highest BCUT2D eigenvalue weighted by Gasteiger charge is 2.17. The molecule has 0 bridgehead atoms. The quantitative estimate of drug-likeness (QED) is 0.687. The van der Waals surface area contributed by atoms with Crippen molar-refractivity contribution >= 4 is 0 Å². The lowest BCUT2D eigenvalue weighted by molar-refractivity contribution is 0.0166. The molecule has 0 aromatic carbocycles. The molecule has 0 radical (unpaired) electrons. The first-order valence-electron chi connectivity index (χ1n) is 8.24. The Morgan fingerprint density at radius 2 is 2.00 bits per heavy atom. The molecule has 112 valence electrons. The van der Waals surface area contributed by atoms with E-state index in [-0.39, 0.29) is 0 Å². The zero-order valence-corrected chi connectivity index (χ0v) is 12.5. The van der Waals surface area contributed by atoms with Crippen molar-refractivity contribution in [2.45, 2.75) is 58.0 Å². The Morgan fingerprint density at radius 3 is 2.74 bits per heavy atom. The molecule has 2 rings (SSSR count). The Hall–Kier alpha value is -0.120. The molecule has 0 amide bonds. The van der Waals surface area contributed by atoms with Crippen LogP contribution in [-0.4, -0.2) is 39.0 Å². The van der Waals surface area contributed by atoms with Gasteiger partial charge in [0.1, 0.15) is 0 Å². The summed E-state index contributed by atoms with van der Waals surface area (Å²) < 4.78 is 11.2. The van der Waals surface area contributed by atoms with Gasteiger partial charge in [-0.25, -0.2) is 0 Å². The second kappa shape index (κ2) is 8.93. The summed E-state index contributed by atoms with van der Waals surface area (Å²) in [4.78, 5) is 0. The Balaban J connectivity index is 1.36. The average Bonchev–Trinajstić information content (AvgIpc) is 2.93. The highest BCUT2D eigenvalue weighted by atomic mass is 16.5. The van der Waals surface area contributed by atoms with Gasteiger partial charge in [0.25, 0.3) is 0 Å². The minimum atomic E-state index is 0.372. The minimum Gasteiger partial charge on any atom is -0.379 e. The van der Waals surface area contributed by atoms with Crippen LogP contribution < -0.4 is 5.32 Å². The van der Waals surface area contributed by atoms with E-state index < -0.39 is 0 Å². The van der Waals surface area contributed by atoms with Crippen LogP contribution in [0.5, 0.6) is 0 Å². The second-order valence-corrected chi connectivity index (χ2v) is 6.39. The van der Waals surface area contributed by atoms with E-state index >= 15 is 0 Å². The van der Waals surface area contributed by atoms with Crippen molar-refractivity contribution in [2.75, 3.05) is 32.9 Å². The Morgan fingerprint density at radius 1 is 1.16 bits per heavy atom. The molecule has 19 heavy (non-hydrogen) atoms. The zero-order valence-electron chi connectivity index (χ0n) is 12.5. The maximum absolute atomic E-state index is 5.66. The predicted octanol–water partition coefficient (Wildman–Crippen LogP) is 2.99. The van der Waals surface area contributed by atoms with Crippen molar-refractivity contribution < 1.29 is 9.47 Å². The molecule has 0 spiro atoms. The largest absolute Gasteiger partial charge is 0.379 e. The normalized spacial score (nSPS) is 31.7. The molecule has 0 aromatic heterocycles. The molecule has 1 unspecified atom stereocenters. The first kappa shape index (κ1) is 15.3. The zero-order chi connectivity index (χ0) is 13.3. The van der Waals surface area contributed by atoms with Gasteiger partial charge in [0, 0.05) is 13.2 Å². The summed E-state index contributed by atoms with van der Waals surface area (Å²) in [7, 11) is 0. The molecule has 1 saturated heterocycles. The van der Waals surface area contributed by atoms with E-state index in [4.69, 9.17) is 9.47 Å². The molecule has 2 aliphatic rings. The van der Waals surface area contributed by atoms with Gasteiger partial charge in [-0.2, -0.15) is 0 Å². The molecule has 1 atom stereocenters. The molecule has 1 aliphatic carbocycles. The predicted molar refractivity (Wildman–Crippen MR) is 78.4 cm³/mol. The van der Waals surface area contributed by atoms with Crippen LogP contribution in [0, 0.1) is 11.8 Å². The van der Waals surface area contributed by atoms with E-state index in [0.717, 1.165) is 44.6 Å². The fourth-order valence-electron chi connectivity index (χ4n) is 3.13. The van der Waals surface area contributed by atoms with Gasteiger partial charge in [-0.3, -0.25) is 0 Å². The van der Waals surface area contributed by atoms with Crippen LogP contribution in [0.15, 0.2) is 0 Å². The van der Waals surface area contributed by atoms with Crippen LogP contribution in [0.4, 0.5) is 0 Å². The van der Waals surface area contributed by atoms with Crippen molar-refractivity contribution in [1.29, 1.82) is 0 Å². The van der Waals surface area contributed by atoms with Crippen molar-refractivity contribution in [3.63, 3.8) is 0 Å². The van der Waals surface area contributed by atoms with Crippen LogP contribution in [-0.2, 0) is 9.47 Å². The van der Waals surface area contributed by atoms with Crippen molar-refractivity contribution in [2.24, 2.45) is 11.8 Å². The van der Waals surface area contributed by atoms with Gasteiger partial charge in [0.05, 0.1) is 12.7 Å². The van der Waals surface area contributed by atoms with Gasteiger partial charge in [-0.1, -0.05) is 19.8 Å². The summed E-state index contributed by atoms with van der Waals surface area (Å²) >= 11 is 0. The third-order valence-corrected chi connectivity index (χ3v) is 4.54. The SMILES string of the molecule is CC1CCC(CNCCCOCC2CCCO2)CC1. The third-order valence-electron chi connectivity index (χ3n) is 4.54. The summed E-state index contributed by atoms with van der Waals surface area (Å²) in [6.07, 6.45) is 9.57. The lowest BCUT2D eigenvalue weighted by atomic mass is 9.83. The third kappa shape index (κ3) is 6.24. The lowest BCUT2D eigenvalue weighted by Gasteiger charge is -2.26. The van der Waals surface area contributed by atoms with Crippen molar-refractivity contribution in [3.8, 4) is 0 Å². The highest BCUT2D eigenvalue weighted by molar-refractivity contribution is 4.71. The molecule has 1 saturated carbocycles. The number of hydrogen-bond acceptors (Lipinski definition) is 3. The van der Waals surface area contributed by atoms with E-state index in [2.05, 4.69) is 12.2 Å². The molecule has 1 heterocycles. The van der Waals surface area contributed by atoms with Crippen molar-refractivity contribution in [1.82, 2.24) is 5.32 Å². The smallest absolute Gasteiger partial charge is 0.0809 e. The van der Waals surface area contributed by atoms with Crippen LogP contribution in [0.2, 0.25) is 0 Å². The molecule has 2 fully saturated rings. The highest BCUT2D eigenvalue weighted by Crippen LogP contribution is 2.27. The number of hydrogen-bond donors (Lipinski definition) is 1. The standard InChI is InChI=1S/C16H31NO2/c1-14-5-7-15(8-6-14)12-17-9-3-10-18-13-16-4-2-11-19-16/h14-17H,2-13H2,1H3. The summed E-state index contributed by atoms with van der Waals surface area (Å²) in [6.45, 7) is 7.27. The van der Waals surface area contributed by atoms with E-state index in [1.165, 1.54) is 45.1 Å². The first-order valence-corrected chi connectivity index (χ1v) is 8.24. The van der Waals surface area contributed by atoms with Crippen molar-refractivity contribution in [3.05, 3.63) is 0 Å².